The van der Waals surface area contributed by atoms with E-state index >= 15 is 0 Å². The molecule has 6 N–H and O–H groups in total. The van der Waals surface area contributed by atoms with Gasteiger partial charge in [-0.25, -0.2) is 4.79 Å². The summed E-state index contributed by atoms with van der Waals surface area (Å²) in [7, 11) is 0. The summed E-state index contributed by atoms with van der Waals surface area (Å²) in [4.78, 5) is 12.1. The number of aliphatic hydroxyl groups is 5. The highest BCUT2D eigenvalue weighted by Gasteiger charge is 2.50. The third-order valence-electron chi connectivity index (χ3n) is 4.90. The van der Waals surface area contributed by atoms with Crippen molar-refractivity contribution in [3.63, 3.8) is 0 Å². The molecule has 30 heavy (non-hydrogen) atoms. The van der Waals surface area contributed by atoms with Gasteiger partial charge in [0.15, 0.2) is 6.29 Å². The number of carbonyl (C=O) groups is 1. The number of carbonyl (C=O) groups excluding carboxylic acids is 1. The van der Waals surface area contributed by atoms with Gasteiger partial charge in [0.2, 0.25) is 3.79 Å². The Labute approximate surface area is 187 Å². The number of halogens is 3. The minimum absolute atomic E-state index is 0.551. The van der Waals surface area contributed by atoms with Crippen LogP contribution in [0.5, 0.6) is 0 Å². The number of hydrogen-bond acceptors (Lipinski definition) is 10. The summed E-state index contributed by atoms with van der Waals surface area (Å²) in [6.45, 7) is 1.90. The first-order valence-electron chi connectivity index (χ1n) is 9.15. The topological polar surface area (TPSA) is 167 Å². The van der Waals surface area contributed by atoms with Crippen LogP contribution in [0, 0.1) is 0 Å². The summed E-state index contributed by atoms with van der Waals surface area (Å²) in [5.41, 5.74) is 0. The number of nitrogens with one attached hydrogen (secondary N) is 1. The van der Waals surface area contributed by atoms with E-state index < -0.39 is 84.3 Å². The average molecular weight is 499 g/mol. The van der Waals surface area contributed by atoms with Crippen molar-refractivity contribution in [2.45, 2.75) is 78.8 Å². The van der Waals surface area contributed by atoms with Crippen LogP contribution in [0.2, 0.25) is 0 Å². The van der Waals surface area contributed by atoms with Gasteiger partial charge in [0, 0.05) is 0 Å². The third kappa shape index (κ3) is 6.42. The molecular formula is C16H26Cl3NO10. The fraction of sp³-hybridized carbons (Fsp3) is 0.938. The van der Waals surface area contributed by atoms with Gasteiger partial charge in [-0.05, 0) is 13.8 Å². The molecule has 0 bridgehead atoms. The lowest BCUT2D eigenvalue weighted by Crippen LogP contribution is -2.67. The lowest BCUT2D eigenvalue weighted by molar-refractivity contribution is -0.326. The Kier molecular flexibility index (Phi) is 9.23. The van der Waals surface area contributed by atoms with Gasteiger partial charge in [-0.2, -0.15) is 0 Å². The number of hydrogen-bond donors (Lipinski definition) is 6. The Hall–Kier alpha value is -0.180. The molecule has 0 radical (unpaired) electrons. The number of aliphatic hydroxyl groups excluding tert-OH is 5. The van der Waals surface area contributed by atoms with Crippen molar-refractivity contribution in [1.82, 2.24) is 5.32 Å². The molecule has 2 aliphatic rings. The maximum Gasteiger partial charge on any atom is 0.407 e. The molecule has 0 spiro atoms. The molecule has 2 rings (SSSR count). The highest BCUT2D eigenvalue weighted by Crippen LogP contribution is 2.29. The molecule has 2 fully saturated rings. The summed E-state index contributed by atoms with van der Waals surface area (Å²) in [5, 5.41) is 52.4. The fourth-order valence-corrected chi connectivity index (χ4v) is 3.42. The molecule has 14 heteroatoms. The average Bonchev–Trinajstić information content (AvgIpc) is 2.67. The number of rotatable bonds is 5. The molecule has 2 saturated heterocycles. The van der Waals surface area contributed by atoms with E-state index in [0.717, 1.165) is 0 Å². The Morgan fingerprint density at radius 3 is 2.20 bits per heavy atom. The first kappa shape index (κ1) is 26.1. The largest absolute Gasteiger partial charge is 0.445 e. The maximum absolute atomic E-state index is 12.1. The summed E-state index contributed by atoms with van der Waals surface area (Å²) in [6, 6.07) is -1.04. The zero-order chi connectivity index (χ0) is 22.8. The van der Waals surface area contributed by atoms with Crippen molar-refractivity contribution in [3.8, 4) is 0 Å². The first-order chi connectivity index (χ1) is 13.9. The van der Waals surface area contributed by atoms with Crippen LogP contribution >= 0.6 is 34.8 Å². The molecule has 10 atom stereocenters. The van der Waals surface area contributed by atoms with Gasteiger partial charge in [0.1, 0.15) is 43.2 Å². The SMILES string of the molecule is CC1O[C@@H](O[C@@H]2C(NC(=O)OCC(Cl)(Cl)Cl)[C@H](C)OC(CO)[C@@H]2O)C(O)[C@@H](O)[C@@H]1O. The van der Waals surface area contributed by atoms with Crippen LogP contribution in [0.25, 0.3) is 0 Å². The zero-order valence-electron chi connectivity index (χ0n) is 16.1. The minimum atomic E-state index is -1.84. The molecule has 0 aromatic heterocycles. The highest BCUT2D eigenvalue weighted by atomic mass is 35.6. The van der Waals surface area contributed by atoms with Crippen molar-refractivity contribution in [2.75, 3.05) is 13.2 Å². The molecule has 0 aromatic carbocycles. The van der Waals surface area contributed by atoms with Gasteiger partial charge in [0.05, 0.1) is 24.9 Å². The van der Waals surface area contributed by atoms with Gasteiger partial charge in [-0.3, -0.25) is 0 Å². The Morgan fingerprint density at radius 2 is 1.63 bits per heavy atom. The van der Waals surface area contributed by atoms with E-state index in [2.05, 4.69) is 5.32 Å². The molecule has 1 amide bonds. The van der Waals surface area contributed by atoms with Crippen molar-refractivity contribution in [1.29, 1.82) is 0 Å². The van der Waals surface area contributed by atoms with Crippen LogP contribution in [0.4, 0.5) is 4.79 Å². The summed E-state index contributed by atoms with van der Waals surface area (Å²) in [5.74, 6) is 0. The van der Waals surface area contributed by atoms with E-state index in [4.69, 9.17) is 53.8 Å². The predicted molar refractivity (Wildman–Crippen MR) is 103 cm³/mol. The van der Waals surface area contributed by atoms with Crippen LogP contribution < -0.4 is 5.32 Å². The van der Waals surface area contributed by atoms with E-state index in [-0.39, 0.29) is 0 Å². The fourth-order valence-electron chi connectivity index (χ4n) is 3.25. The molecule has 0 aromatic rings. The Bertz CT molecular complexity index is 582. The Balaban J connectivity index is 2.16. The van der Waals surface area contributed by atoms with Gasteiger partial charge in [-0.1, -0.05) is 34.8 Å². The number of alkyl halides is 3. The second kappa shape index (κ2) is 10.6. The number of alkyl carbamates (subject to hydrolysis) is 1. The summed E-state index contributed by atoms with van der Waals surface area (Å²) < 4.78 is 19.5. The molecular weight excluding hydrogens is 473 g/mol. The lowest BCUT2D eigenvalue weighted by atomic mass is 9.93. The van der Waals surface area contributed by atoms with E-state index in [0.29, 0.717) is 0 Å². The highest BCUT2D eigenvalue weighted by molar-refractivity contribution is 6.67. The standard InChI is InChI=1S/C16H26Cl3NO10/c1-5-8(20-15(26)27-4-16(17,18)19)13(10(23)7(3-21)28-5)30-14-12(25)11(24)9(22)6(2)29-14/h5-14,21-25H,3-4H2,1-2H3,(H,20,26)/t5-,6?,7?,8?,9+,10-,11-,12?,13+,14-/m0/s1. The quantitative estimate of drug-likeness (QED) is 0.253. The summed E-state index contributed by atoms with van der Waals surface area (Å²) in [6.07, 6.45) is -12.5. The predicted octanol–water partition coefficient (Wildman–Crippen LogP) is -1.20. The van der Waals surface area contributed by atoms with E-state index in [9.17, 15) is 30.3 Å². The minimum Gasteiger partial charge on any atom is -0.445 e. The second-order valence-electron chi connectivity index (χ2n) is 7.20. The van der Waals surface area contributed by atoms with Crippen molar-refractivity contribution in [3.05, 3.63) is 0 Å². The van der Waals surface area contributed by atoms with E-state index in [1.54, 1.807) is 6.92 Å². The maximum atomic E-state index is 12.1. The lowest BCUT2D eigenvalue weighted by Gasteiger charge is -2.46. The second-order valence-corrected chi connectivity index (χ2v) is 9.71. The van der Waals surface area contributed by atoms with E-state index in [1.807, 2.05) is 0 Å². The van der Waals surface area contributed by atoms with Gasteiger partial charge < -0.3 is 49.8 Å². The number of ether oxygens (including phenoxy) is 4. The van der Waals surface area contributed by atoms with Crippen LogP contribution in [-0.2, 0) is 18.9 Å². The normalized spacial score (nSPS) is 42.6. The molecule has 0 saturated carbocycles. The third-order valence-corrected chi connectivity index (χ3v) is 5.22. The molecule has 0 aliphatic carbocycles. The van der Waals surface area contributed by atoms with E-state index in [1.165, 1.54) is 6.92 Å². The molecule has 4 unspecified atom stereocenters. The first-order valence-corrected chi connectivity index (χ1v) is 10.3. The molecule has 2 heterocycles. The molecule has 11 nitrogen and oxygen atoms in total. The monoisotopic (exact) mass is 497 g/mol. The van der Waals surface area contributed by atoms with Gasteiger partial charge in [0.25, 0.3) is 0 Å². The van der Waals surface area contributed by atoms with Crippen LogP contribution in [-0.4, -0.2) is 110 Å². The van der Waals surface area contributed by atoms with Gasteiger partial charge >= 0.3 is 6.09 Å². The van der Waals surface area contributed by atoms with Crippen LogP contribution in [0.15, 0.2) is 0 Å². The Morgan fingerprint density at radius 1 is 1.00 bits per heavy atom. The van der Waals surface area contributed by atoms with Crippen LogP contribution in [0.3, 0.4) is 0 Å². The van der Waals surface area contributed by atoms with Crippen molar-refractivity contribution < 1.29 is 49.3 Å². The molecule has 2 aliphatic heterocycles. The van der Waals surface area contributed by atoms with Crippen molar-refractivity contribution >= 4 is 40.9 Å². The molecule has 176 valence electrons. The van der Waals surface area contributed by atoms with Crippen LogP contribution in [0.1, 0.15) is 13.8 Å². The van der Waals surface area contributed by atoms with Crippen molar-refractivity contribution in [2.24, 2.45) is 0 Å². The van der Waals surface area contributed by atoms with Gasteiger partial charge in [-0.15, -0.1) is 0 Å². The number of amides is 1. The zero-order valence-corrected chi connectivity index (χ0v) is 18.4. The smallest absolute Gasteiger partial charge is 0.407 e. The summed E-state index contributed by atoms with van der Waals surface area (Å²) >= 11 is 16.6.